The van der Waals surface area contributed by atoms with Gasteiger partial charge in [-0.3, -0.25) is 4.79 Å². The van der Waals surface area contributed by atoms with Crippen molar-refractivity contribution in [2.24, 2.45) is 5.73 Å². The van der Waals surface area contributed by atoms with Crippen molar-refractivity contribution in [1.29, 1.82) is 0 Å². The molecule has 1 atom stereocenters. The first-order valence-corrected chi connectivity index (χ1v) is 6.23. The minimum atomic E-state index is -0.349. The summed E-state index contributed by atoms with van der Waals surface area (Å²) in [5.74, 6) is -0.536. The minimum absolute atomic E-state index is 0.187. The molecule has 0 saturated carbocycles. The predicted molar refractivity (Wildman–Crippen MR) is 74.1 cm³/mol. The number of hydrogen-bond acceptors (Lipinski definition) is 3. The van der Waals surface area contributed by atoms with Gasteiger partial charge in [-0.1, -0.05) is 0 Å². The van der Waals surface area contributed by atoms with E-state index in [-0.39, 0.29) is 17.8 Å². The summed E-state index contributed by atoms with van der Waals surface area (Å²) in [6.45, 7) is 1.77. The molecule has 106 valence electrons. The number of aromatic nitrogens is 2. The normalized spacial score (nSPS) is 12.2. The van der Waals surface area contributed by atoms with Crippen molar-refractivity contribution in [2.45, 2.75) is 13.0 Å². The van der Waals surface area contributed by atoms with Crippen LogP contribution in [0.1, 0.15) is 29.0 Å². The highest BCUT2D eigenvalue weighted by Gasteiger charge is 2.15. The van der Waals surface area contributed by atoms with E-state index in [1.165, 1.54) is 21.7 Å². The maximum Gasteiger partial charge on any atom is 0.273 e. The Morgan fingerprint density at radius 2 is 2.10 bits per heavy atom. The molecule has 0 aliphatic heterocycles. The number of nitrogens with zero attached hydrogens (tertiary/aromatic N) is 3. The van der Waals surface area contributed by atoms with Crippen LogP contribution in [-0.4, -0.2) is 34.7 Å². The molecule has 0 radical (unpaired) electrons. The van der Waals surface area contributed by atoms with Crippen LogP contribution in [0.5, 0.6) is 0 Å². The maximum atomic E-state index is 13.3. The van der Waals surface area contributed by atoms with Crippen LogP contribution >= 0.6 is 0 Å². The molecule has 0 unspecified atom stereocenters. The van der Waals surface area contributed by atoms with Crippen LogP contribution in [0.2, 0.25) is 0 Å². The molecule has 0 spiro atoms. The fourth-order valence-electron chi connectivity index (χ4n) is 1.90. The molecule has 0 bridgehead atoms. The Morgan fingerprint density at radius 3 is 2.70 bits per heavy atom. The number of benzene rings is 1. The van der Waals surface area contributed by atoms with Gasteiger partial charge in [-0.05, 0) is 36.8 Å². The second-order valence-electron chi connectivity index (χ2n) is 4.84. The molecule has 1 aromatic heterocycles. The van der Waals surface area contributed by atoms with Crippen LogP contribution < -0.4 is 5.73 Å². The Labute approximate surface area is 116 Å². The smallest absolute Gasteiger partial charge is 0.273 e. The largest absolute Gasteiger partial charge is 0.343 e. The third-order valence-electron chi connectivity index (χ3n) is 2.94. The van der Waals surface area contributed by atoms with Gasteiger partial charge in [-0.2, -0.15) is 5.10 Å². The number of rotatable bonds is 3. The lowest BCUT2D eigenvalue weighted by molar-refractivity contribution is 0.0821. The van der Waals surface area contributed by atoms with Crippen LogP contribution in [0.3, 0.4) is 0 Å². The molecule has 0 saturated heterocycles. The molecule has 2 rings (SSSR count). The summed E-state index contributed by atoms with van der Waals surface area (Å²) >= 11 is 0. The second-order valence-corrected chi connectivity index (χ2v) is 4.84. The average molecular weight is 276 g/mol. The van der Waals surface area contributed by atoms with Crippen LogP contribution in [0.4, 0.5) is 4.39 Å². The molecule has 1 aromatic carbocycles. The van der Waals surface area contributed by atoms with Crippen molar-refractivity contribution in [3.8, 4) is 5.69 Å². The number of nitrogens with two attached hydrogens (primary N) is 1. The highest BCUT2D eigenvalue weighted by Crippen LogP contribution is 2.21. The summed E-state index contributed by atoms with van der Waals surface area (Å²) in [7, 11) is 3.32. The van der Waals surface area contributed by atoms with Gasteiger partial charge in [0.2, 0.25) is 0 Å². The SMILES string of the molecule is C[C@H](N)c1cc(F)ccc1-n1ccc(C(=O)N(C)C)n1. The summed E-state index contributed by atoms with van der Waals surface area (Å²) in [6.07, 6.45) is 1.66. The van der Waals surface area contributed by atoms with E-state index in [9.17, 15) is 9.18 Å². The van der Waals surface area contributed by atoms with E-state index in [0.29, 0.717) is 16.9 Å². The summed E-state index contributed by atoms with van der Waals surface area (Å²) in [4.78, 5) is 13.3. The molecule has 6 heteroatoms. The molecule has 0 aliphatic carbocycles. The van der Waals surface area contributed by atoms with Gasteiger partial charge in [0, 0.05) is 26.3 Å². The average Bonchev–Trinajstić information content (AvgIpc) is 2.86. The van der Waals surface area contributed by atoms with E-state index in [0.717, 1.165) is 0 Å². The van der Waals surface area contributed by atoms with E-state index in [4.69, 9.17) is 5.73 Å². The van der Waals surface area contributed by atoms with Gasteiger partial charge < -0.3 is 10.6 Å². The molecule has 2 aromatic rings. The van der Waals surface area contributed by atoms with Gasteiger partial charge in [0.05, 0.1) is 5.69 Å². The summed E-state index contributed by atoms with van der Waals surface area (Å²) < 4.78 is 14.9. The zero-order chi connectivity index (χ0) is 14.9. The standard InChI is InChI=1S/C14H17FN4O/c1-9(16)11-8-10(15)4-5-13(11)19-7-6-12(17-19)14(20)18(2)3/h4-9H,16H2,1-3H3/t9-/m0/s1. The zero-order valence-corrected chi connectivity index (χ0v) is 11.7. The van der Waals surface area contributed by atoms with Gasteiger partial charge in [0.1, 0.15) is 5.82 Å². The van der Waals surface area contributed by atoms with Crippen LogP contribution in [0.25, 0.3) is 5.69 Å². The van der Waals surface area contributed by atoms with Gasteiger partial charge in [0.15, 0.2) is 5.69 Å². The Hall–Kier alpha value is -2.21. The van der Waals surface area contributed by atoms with E-state index in [1.807, 2.05) is 0 Å². The number of hydrogen-bond donors (Lipinski definition) is 1. The molecule has 1 heterocycles. The second kappa shape index (κ2) is 5.42. The summed E-state index contributed by atoms with van der Waals surface area (Å²) in [5, 5.41) is 4.22. The monoisotopic (exact) mass is 276 g/mol. The summed E-state index contributed by atoms with van der Waals surface area (Å²) in [6, 6.07) is 5.62. The molecule has 0 fully saturated rings. The Balaban J connectivity index is 2.45. The van der Waals surface area contributed by atoms with Gasteiger partial charge in [-0.25, -0.2) is 9.07 Å². The van der Waals surface area contributed by atoms with Crippen molar-refractivity contribution in [3.05, 3.63) is 47.5 Å². The first kappa shape index (κ1) is 14.2. The highest BCUT2D eigenvalue weighted by molar-refractivity contribution is 5.91. The summed E-state index contributed by atoms with van der Waals surface area (Å²) in [5.41, 5.74) is 7.48. The third kappa shape index (κ3) is 2.70. The third-order valence-corrected chi connectivity index (χ3v) is 2.94. The van der Waals surface area contributed by atoms with Crippen molar-refractivity contribution >= 4 is 5.91 Å². The zero-order valence-electron chi connectivity index (χ0n) is 11.7. The van der Waals surface area contributed by atoms with Gasteiger partial charge >= 0.3 is 0 Å². The maximum absolute atomic E-state index is 13.3. The van der Waals surface area contributed by atoms with E-state index in [1.54, 1.807) is 39.3 Å². The number of halogens is 1. The Kier molecular flexibility index (Phi) is 3.85. The lowest BCUT2D eigenvalue weighted by atomic mass is 10.1. The molecule has 1 amide bonds. The van der Waals surface area contributed by atoms with E-state index >= 15 is 0 Å². The van der Waals surface area contributed by atoms with Crippen molar-refractivity contribution in [2.75, 3.05) is 14.1 Å². The fraction of sp³-hybridized carbons (Fsp3) is 0.286. The lowest BCUT2D eigenvalue weighted by Crippen LogP contribution is -2.22. The number of carbonyl (C=O) groups is 1. The Morgan fingerprint density at radius 1 is 1.40 bits per heavy atom. The first-order valence-electron chi connectivity index (χ1n) is 6.23. The van der Waals surface area contributed by atoms with Crippen molar-refractivity contribution in [3.63, 3.8) is 0 Å². The molecular formula is C14H17FN4O. The topological polar surface area (TPSA) is 64.2 Å². The molecule has 20 heavy (non-hydrogen) atoms. The van der Waals surface area contributed by atoms with Gasteiger partial charge in [0.25, 0.3) is 5.91 Å². The van der Waals surface area contributed by atoms with E-state index < -0.39 is 0 Å². The predicted octanol–water partition coefficient (Wildman–Crippen LogP) is 1.73. The van der Waals surface area contributed by atoms with E-state index in [2.05, 4.69) is 5.10 Å². The van der Waals surface area contributed by atoms with Crippen molar-refractivity contribution in [1.82, 2.24) is 14.7 Å². The quantitative estimate of drug-likeness (QED) is 0.928. The first-order chi connectivity index (χ1) is 9.40. The molecule has 5 nitrogen and oxygen atoms in total. The number of amides is 1. The fourth-order valence-corrected chi connectivity index (χ4v) is 1.90. The van der Waals surface area contributed by atoms with Crippen molar-refractivity contribution < 1.29 is 9.18 Å². The Bertz CT molecular complexity index is 634. The molecule has 2 N–H and O–H groups in total. The number of carbonyl (C=O) groups excluding carboxylic acids is 1. The van der Waals surface area contributed by atoms with Gasteiger partial charge in [-0.15, -0.1) is 0 Å². The lowest BCUT2D eigenvalue weighted by Gasteiger charge is -2.13. The van der Waals surface area contributed by atoms with Crippen LogP contribution in [0, 0.1) is 5.82 Å². The highest BCUT2D eigenvalue weighted by atomic mass is 19.1. The van der Waals surface area contributed by atoms with Crippen LogP contribution in [0.15, 0.2) is 30.5 Å². The molecular weight excluding hydrogens is 259 g/mol. The van der Waals surface area contributed by atoms with Crippen LogP contribution in [-0.2, 0) is 0 Å². The molecule has 0 aliphatic rings. The minimum Gasteiger partial charge on any atom is -0.343 e.